The Labute approximate surface area is 163 Å². The summed E-state index contributed by atoms with van der Waals surface area (Å²) in [6.07, 6.45) is 6.22. The maximum absolute atomic E-state index is 4.82. The molecular weight excluding hydrogens is 330 g/mol. The van der Waals surface area contributed by atoms with Crippen molar-refractivity contribution in [2.45, 2.75) is 38.0 Å². The van der Waals surface area contributed by atoms with Crippen LogP contribution in [0.4, 0.5) is 0 Å². The molecular formula is C24H31N3. The second kappa shape index (κ2) is 9.07. The van der Waals surface area contributed by atoms with Gasteiger partial charge in [-0.15, -0.1) is 0 Å². The molecule has 3 heteroatoms. The zero-order chi connectivity index (χ0) is 18.3. The second-order valence-corrected chi connectivity index (χ2v) is 7.82. The highest BCUT2D eigenvalue weighted by molar-refractivity contribution is 5.80. The first-order chi connectivity index (χ1) is 13.4. The molecule has 0 bridgehead atoms. The van der Waals surface area contributed by atoms with Crippen molar-refractivity contribution in [1.82, 2.24) is 10.2 Å². The lowest BCUT2D eigenvalue weighted by molar-refractivity contribution is 0.243. The minimum atomic E-state index is 0.488. The van der Waals surface area contributed by atoms with Gasteiger partial charge in [-0.1, -0.05) is 60.7 Å². The average Bonchev–Trinajstić information content (AvgIpc) is 2.70. The topological polar surface area (TPSA) is 27.6 Å². The highest BCUT2D eigenvalue weighted by atomic mass is 15.3. The SMILES string of the molecule is c1ccc(C(c2ccccc2)C2CCN(C3=NCCCCCN3)CC2)cc1. The Morgan fingerprint density at radius 1 is 0.815 bits per heavy atom. The fourth-order valence-electron chi connectivity index (χ4n) is 4.57. The number of piperidine rings is 1. The van der Waals surface area contributed by atoms with Crippen molar-refractivity contribution in [1.29, 1.82) is 0 Å². The lowest BCUT2D eigenvalue weighted by Gasteiger charge is -2.38. The van der Waals surface area contributed by atoms with Gasteiger partial charge in [0.2, 0.25) is 0 Å². The van der Waals surface area contributed by atoms with E-state index in [0.717, 1.165) is 32.1 Å². The van der Waals surface area contributed by atoms with Gasteiger partial charge in [-0.3, -0.25) is 4.99 Å². The molecule has 0 radical (unpaired) electrons. The number of hydrogen-bond acceptors (Lipinski definition) is 3. The molecule has 0 amide bonds. The number of nitrogens with one attached hydrogen (secondary N) is 1. The lowest BCUT2D eigenvalue weighted by atomic mass is 9.76. The van der Waals surface area contributed by atoms with E-state index in [4.69, 9.17) is 4.99 Å². The Hall–Kier alpha value is -2.29. The second-order valence-electron chi connectivity index (χ2n) is 7.82. The van der Waals surface area contributed by atoms with Crippen LogP contribution in [0.15, 0.2) is 65.7 Å². The predicted molar refractivity (Wildman–Crippen MR) is 113 cm³/mol. The Balaban J connectivity index is 1.49. The van der Waals surface area contributed by atoms with Gasteiger partial charge in [-0.05, 0) is 49.1 Å². The summed E-state index contributed by atoms with van der Waals surface area (Å²) in [5, 5.41) is 3.57. The summed E-state index contributed by atoms with van der Waals surface area (Å²) in [7, 11) is 0. The zero-order valence-corrected chi connectivity index (χ0v) is 16.2. The summed E-state index contributed by atoms with van der Waals surface area (Å²) in [5.41, 5.74) is 2.90. The van der Waals surface area contributed by atoms with Gasteiger partial charge in [0.25, 0.3) is 0 Å². The maximum atomic E-state index is 4.82. The van der Waals surface area contributed by atoms with Crippen LogP contribution in [-0.2, 0) is 0 Å². The first-order valence-electron chi connectivity index (χ1n) is 10.5. The summed E-state index contributed by atoms with van der Waals surface area (Å²) in [6.45, 7) is 4.24. The van der Waals surface area contributed by atoms with Gasteiger partial charge < -0.3 is 10.2 Å². The Bertz CT molecular complexity index is 678. The molecule has 142 valence electrons. The van der Waals surface area contributed by atoms with E-state index >= 15 is 0 Å². The van der Waals surface area contributed by atoms with Crippen molar-refractivity contribution >= 4 is 5.96 Å². The number of nitrogens with zero attached hydrogens (tertiary/aromatic N) is 2. The number of benzene rings is 2. The molecule has 2 aromatic carbocycles. The summed E-state index contributed by atoms with van der Waals surface area (Å²) < 4.78 is 0. The van der Waals surface area contributed by atoms with Crippen molar-refractivity contribution in [2.24, 2.45) is 10.9 Å². The van der Waals surface area contributed by atoms with Crippen LogP contribution in [0.2, 0.25) is 0 Å². The Kier molecular flexibility index (Phi) is 6.08. The molecule has 2 aromatic rings. The van der Waals surface area contributed by atoms with Crippen molar-refractivity contribution in [2.75, 3.05) is 26.2 Å². The molecule has 0 saturated carbocycles. The summed E-state index contributed by atoms with van der Waals surface area (Å²) in [4.78, 5) is 7.31. The van der Waals surface area contributed by atoms with Gasteiger partial charge >= 0.3 is 0 Å². The molecule has 0 spiro atoms. The fraction of sp³-hybridized carbons (Fsp3) is 0.458. The predicted octanol–water partition coefficient (Wildman–Crippen LogP) is 4.66. The van der Waals surface area contributed by atoms with Crippen LogP contribution in [0.25, 0.3) is 0 Å². The third-order valence-electron chi connectivity index (χ3n) is 6.01. The van der Waals surface area contributed by atoms with Gasteiger partial charge in [0, 0.05) is 32.1 Å². The van der Waals surface area contributed by atoms with Crippen LogP contribution in [0, 0.1) is 5.92 Å². The van der Waals surface area contributed by atoms with Gasteiger partial charge in [0.1, 0.15) is 0 Å². The molecule has 2 aliphatic rings. The normalized spacial score (nSPS) is 19.1. The van der Waals surface area contributed by atoms with Crippen molar-refractivity contribution in [3.05, 3.63) is 71.8 Å². The highest BCUT2D eigenvalue weighted by Gasteiger charge is 2.29. The van der Waals surface area contributed by atoms with E-state index < -0.39 is 0 Å². The number of likely N-dealkylation sites (tertiary alicyclic amines) is 1. The van der Waals surface area contributed by atoms with Gasteiger partial charge in [0.05, 0.1) is 0 Å². The van der Waals surface area contributed by atoms with Gasteiger partial charge in [-0.2, -0.15) is 0 Å². The summed E-state index contributed by atoms with van der Waals surface area (Å²) in [6, 6.07) is 22.1. The first-order valence-corrected chi connectivity index (χ1v) is 10.5. The van der Waals surface area contributed by atoms with E-state index in [1.54, 1.807) is 0 Å². The van der Waals surface area contributed by atoms with Crippen molar-refractivity contribution in [3.8, 4) is 0 Å². The fourth-order valence-corrected chi connectivity index (χ4v) is 4.57. The van der Waals surface area contributed by atoms with Crippen molar-refractivity contribution < 1.29 is 0 Å². The van der Waals surface area contributed by atoms with Crippen LogP contribution in [0.5, 0.6) is 0 Å². The number of hydrogen-bond donors (Lipinski definition) is 1. The molecule has 0 aromatic heterocycles. The van der Waals surface area contributed by atoms with Crippen molar-refractivity contribution in [3.63, 3.8) is 0 Å². The minimum absolute atomic E-state index is 0.488. The zero-order valence-electron chi connectivity index (χ0n) is 16.2. The molecule has 2 aliphatic heterocycles. The Morgan fingerprint density at radius 3 is 2.07 bits per heavy atom. The molecule has 1 saturated heterocycles. The van der Waals surface area contributed by atoms with Crippen LogP contribution in [-0.4, -0.2) is 37.0 Å². The summed E-state index contributed by atoms with van der Waals surface area (Å²) in [5.74, 6) is 2.31. The Morgan fingerprint density at radius 2 is 1.44 bits per heavy atom. The van der Waals surface area contributed by atoms with E-state index in [2.05, 4.69) is 70.9 Å². The largest absolute Gasteiger partial charge is 0.356 e. The molecule has 27 heavy (non-hydrogen) atoms. The minimum Gasteiger partial charge on any atom is -0.356 e. The van der Waals surface area contributed by atoms with Crippen LogP contribution < -0.4 is 5.32 Å². The molecule has 0 unspecified atom stereocenters. The molecule has 3 nitrogen and oxygen atoms in total. The number of rotatable bonds is 3. The lowest BCUT2D eigenvalue weighted by Crippen LogP contribution is -2.47. The van der Waals surface area contributed by atoms with Crippen LogP contribution in [0.1, 0.15) is 49.1 Å². The van der Waals surface area contributed by atoms with E-state index in [0.29, 0.717) is 11.8 Å². The van der Waals surface area contributed by atoms with Gasteiger partial charge in [-0.25, -0.2) is 0 Å². The standard InChI is InChI=1S/C24H31N3/c1-4-10-20(11-5-1)23(21-12-6-2-7-13-21)22-14-18-27(19-15-22)24-25-16-8-3-9-17-26-24/h1-2,4-7,10-13,22-23H,3,8-9,14-19H2,(H,25,26). The van der Waals surface area contributed by atoms with E-state index in [-0.39, 0.29) is 0 Å². The third-order valence-corrected chi connectivity index (χ3v) is 6.01. The number of guanidine groups is 1. The van der Waals surface area contributed by atoms with Crippen LogP contribution in [0.3, 0.4) is 0 Å². The molecule has 0 aliphatic carbocycles. The smallest absolute Gasteiger partial charge is 0.193 e. The maximum Gasteiger partial charge on any atom is 0.193 e. The summed E-state index contributed by atoms with van der Waals surface area (Å²) >= 11 is 0. The van der Waals surface area contributed by atoms with E-state index in [1.165, 1.54) is 43.2 Å². The highest BCUT2D eigenvalue weighted by Crippen LogP contribution is 2.37. The van der Waals surface area contributed by atoms with Crippen LogP contribution >= 0.6 is 0 Å². The quantitative estimate of drug-likeness (QED) is 0.861. The molecule has 4 rings (SSSR count). The molecule has 2 heterocycles. The average molecular weight is 362 g/mol. The number of aliphatic imine (C=N–C) groups is 1. The molecule has 1 N–H and O–H groups in total. The molecule has 1 fully saturated rings. The van der Waals surface area contributed by atoms with E-state index in [1.807, 2.05) is 0 Å². The van der Waals surface area contributed by atoms with E-state index in [9.17, 15) is 0 Å². The third kappa shape index (κ3) is 4.52. The molecule has 0 atom stereocenters. The first kappa shape index (κ1) is 18.1. The monoisotopic (exact) mass is 361 g/mol. The van der Waals surface area contributed by atoms with Gasteiger partial charge in [0.15, 0.2) is 5.96 Å².